The summed E-state index contributed by atoms with van der Waals surface area (Å²) in [5, 5.41) is 63.0. The first-order valence-corrected chi connectivity index (χ1v) is 18.1. The van der Waals surface area contributed by atoms with E-state index >= 15 is 0 Å². The molecule has 0 aliphatic heterocycles. The van der Waals surface area contributed by atoms with Gasteiger partial charge in [0.25, 0.3) is 0 Å². The van der Waals surface area contributed by atoms with Crippen LogP contribution in [0, 0.1) is 5.92 Å². The van der Waals surface area contributed by atoms with E-state index in [1.165, 1.54) is 33.3 Å². The number of carboxylic acid groups (broad SMARTS) is 2. The Balaban J connectivity index is 3.02. The fourth-order valence-corrected chi connectivity index (χ4v) is 4.97. The van der Waals surface area contributed by atoms with Crippen molar-refractivity contribution in [2.45, 2.75) is 101 Å². The number of rotatable bonds is 27. The van der Waals surface area contributed by atoms with Crippen LogP contribution in [0.15, 0.2) is 12.5 Å². The molecule has 0 radical (unpaired) electrons. The molecule has 0 spiro atoms. The van der Waals surface area contributed by atoms with Crippen molar-refractivity contribution in [3.63, 3.8) is 0 Å². The third-order valence-corrected chi connectivity index (χ3v) is 8.36. The molecule has 8 atom stereocenters. The van der Waals surface area contributed by atoms with E-state index in [4.69, 9.17) is 21.7 Å². The van der Waals surface area contributed by atoms with Crippen LogP contribution in [0.1, 0.15) is 52.1 Å². The number of aromatic amines is 1. The molecule has 25 nitrogen and oxygen atoms in total. The number of nitrogens with one attached hydrogen (secondary N) is 8. The summed E-state index contributed by atoms with van der Waals surface area (Å²) < 4.78 is 0. The Morgan fingerprint density at radius 1 is 0.655 bits per heavy atom. The summed E-state index contributed by atoms with van der Waals surface area (Å²) in [6, 6.07) is -12.2. The number of amides is 7. The van der Waals surface area contributed by atoms with E-state index in [9.17, 15) is 58.5 Å². The Bertz CT molecular complexity index is 1560. The highest BCUT2D eigenvalue weighted by Crippen LogP contribution is 2.06. The van der Waals surface area contributed by atoms with Gasteiger partial charge in [0.15, 0.2) is 0 Å². The maximum absolute atomic E-state index is 13.4. The molecule has 0 aliphatic rings. The number of imidazole rings is 1. The summed E-state index contributed by atoms with van der Waals surface area (Å²) in [5.74, 6) is -10.9. The average Bonchev–Trinajstić information content (AvgIpc) is 3.68. The summed E-state index contributed by atoms with van der Waals surface area (Å²) in [7, 11) is 0. The lowest BCUT2D eigenvalue weighted by atomic mass is 10.0. The van der Waals surface area contributed by atoms with E-state index in [0.29, 0.717) is 25.1 Å². The van der Waals surface area contributed by atoms with Gasteiger partial charge in [-0.05, 0) is 32.2 Å². The zero-order chi connectivity index (χ0) is 44.1. The third kappa shape index (κ3) is 17.2. The summed E-state index contributed by atoms with van der Waals surface area (Å²) in [6.45, 7) is 1.70. The summed E-state index contributed by atoms with van der Waals surface area (Å²) in [6.07, 6.45) is 2.93. The van der Waals surface area contributed by atoms with Gasteiger partial charge in [-0.2, -0.15) is 0 Å². The Morgan fingerprint density at radius 3 is 1.59 bits per heavy atom. The molecule has 17 N–H and O–H groups in total. The molecule has 1 aromatic heterocycles. The first kappa shape index (κ1) is 50.3. The van der Waals surface area contributed by atoms with Gasteiger partial charge in [-0.15, -0.1) is 0 Å². The predicted molar refractivity (Wildman–Crippen MR) is 198 cm³/mol. The fourth-order valence-electron chi connectivity index (χ4n) is 4.97. The molecule has 0 fully saturated rings. The first-order chi connectivity index (χ1) is 27.3. The first-order valence-electron chi connectivity index (χ1n) is 18.1. The van der Waals surface area contributed by atoms with Crippen molar-refractivity contribution in [2.75, 3.05) is 26.4 Å². The molecular formula is C33H55N11O14. The number of carboxylic acids is 2. The fraction of sp³-hybridized carbons (Fsp3) is 0.636. The van der Waals surface area contributed by atoms with E-state index in [-0.39, 0.29) is 12.8 Å². The lowest BCUT2D eigenvalue weighted by molar-refractivity contribution is -0.147. The van der Waals surface area contributed by atoms with Gasteiger partial charge in [0, 0.05) is 18.3 Å². The number of nitrogens with zero attached hydrogens (tertiary/aromatic N) is 1. The number of nitrogens with two attached hydrogens (primary N) is 2. The molecule has 25 heteroatoms. The number of hydrogen-bond donors (Lipinski definition) is 15. The second-order valence-corrected chi connectivity index (χ2v) is 13.4. The number of carbonyl (C=O) groups is 9. The topological polar surface area (TPSA) is 420 Å². The zero-order valence-electron chi connectivity index (χ0n) is 32.2. The van der Waals surface area contributed by atoms with Gasteiger partial charge in [-0.3, -0.25) is 38.4 Å². The molecule has 1 heterocycles. The van der Waals surface area contributed by atoms with Crippen molar-refractivity contribution >= 4 is 53.3 Å². The van der Waals surface area contributed by atoms with Gasteiger partial charge in [0.1, 0.15) is 42.3 Å². The number of unbranched alkanes of at least 4 members (excludes halogenated alkanes) is 1. The van der Waals surface area contributed by atoms with E-state index in [0.717, 1.165) is 0 Å². The van der Waals surface area contributed by atoms with Crippen LogP contribution in [-0.4, -0.2) is 163 Å². The molecule has 1 aromatic rings. The normalized spacial score (nSPS) is 15.2. The standard InChI is InChI=1S/C33H55N11O14/c1-15(2)25(32(56)43-23(13-47)31(55)42-22(12-46)30(54)40-20(33(57)58)9-24(48)49)44-26(50)16(3)38-28(52)19(8-17-10-36-14-37-17)39-29(53)21(11-45)41-27(51)18(35)6-4-5-7-34/h10,14-16,18-23,25,45-47H,4-9,11-13,34-35H2,1-3H3,(H,36,37)(H,38,52)(H,39,53)(H,40,54)(H,41,51)(H,42,55)(H,43,56)(H,44,50)(H,48,49)(H,57,58). The number of hydrogen-bond acceptors (Lipinski definition) is 15. The highest BCUT2D eigenvalue weighted by Gasteiger charge is 2.34. The molecule has 58 heavy (non-hydrogen) atoms. The quantitative estimate of drug-likeness (QED) is 0.0366. The number of aliphatic carboxylic acids is 2. The Morgan fingerprint density at radius 2 is 1.14 bits per heavy atom. The Hall–Kier alpha value is -5.76. The monoisotopic (exact) mass is 829 g/mol. The van der Waals surface area contributed by atoms with E-state index in [2.05, 4.69) is 36.6 Å². The van der Waals surface area contributed by atoms with Crippen LogP contribution in [0.3, 0.4) is 0 Å². The van der Waals surface area contributed by atoms with Crippen molar-refractivity contribution in [3.05, 3.63) is 18.2 Å². The zero-order valence-corrected chi connectivity index (χ0v) is 32.2. The summed E-state index contributed by atoms with van der Waals surface area (Å²) in [4.78, 5) is 120. The van der Waals surface area contributed by atoms with Crippen molar-refractivity contribution in [1.82, 2.24) is 47.2 Å². The van der Waals surface area contributed by atoms with E-state index in [1.807, 2.05) is 10.6 Å². The highest BCUT2D eigenvalue weighted by molar-refractivity contribution is 5.97. The molecule has 8 unspecified atom stereocenters. The average molecular weight is 830 g/mol. The van der Waals surface area contributed by atoms with Gasteiger partial charge >= 0.3 is 11.9 Å². The van der Waals surface area contributed by atoms with Crippen molar-refractivity contribution in [1.29, 1.82) is 0 Å². The predicted octanol–water partition coefficient (Wildman–Crippen LogP) is -6.99. The van der Waals surface area contributed by atoms with Crippen molar-refractivity contribution in [3.8, 4) is 0 Å². The number of H-pyrrole nitrogens is 1. The minimum absolute atomic E-state index is 0.181. The molecular weight excluding hydrogens is 774 g/mol. The Kier molecular flexibility index (Phi) is 22.1. The maximum Gasteiger partial charge on any atom is 0.326 e. The van der Waals surface area contributed by atoms with Crippen LogP contribution in [0.4, 0.5) is 0 Å². The molecule has 0 saturated heterocycles. The number of aliphatic hydroxyl groups excluding tert-OH is 3. The van der Waals surface area contributed by atoms with Crippen molar-refractivity contribution in [2.24, 2.45) is 17.4 Å². The van der Waals surface area contributed by atoms with Crippen LogP contribution < -0.4 is 48.7 Å². The molecule has 0 saturated carbocycles. The SMILES string of the molecule is CC(NC(=O)C(Cc1cnc[nH]1)NC(=O)C(CO)NC(=O)C(N)CCCCN)C(=O)NC(C(=O)NC(CO)C(=O)NC(CO)C(=O)NC(CC(=O)O)C(=O)O)C(C)C. The van der Waals surface area contributed by atoms with Gasteiger partial charge in [0.05, 0.1) is 38.6 Å². The number of carbonyl (C=O) groups excluding carboxylic acids is 7. The maximum atomic E-state index is 13.4. The van der Waals surface area contributed by atoms with Crippen LogP contribution in [0.2, 0.25) is 0 Å². The highest BCUT2D eigenvalue weighted by atomic mass is 16.4. The van der Waals surface area contributed by atoms with Crippen molar-refractivity contribution < 1.29 is 68.7 Å². The largest absolute Gasteiger partial charge is 0.481 e. The number of aromatic nitrogens is 2. The lowest BCUT2D eigenvalue weighted by Crippen LogP contribution is -2.61. The van der Waals surface area contributed by atoms with Gasteiger partial charge < -0.3 is 79.2 Å². The van der Waals surface area contributed by atoms with Gasteiger partial charge in [-0.1, -0.05) is 20.3 Å². The van der Waals surface area contributed by atoms with Crippen LogP contribution in [0.5, 0.6) is 0 Å². The lowest BCUT2D eigenvalue weighted by Gasteiger charge is -2.27. The minimum atomic E-state index is -1.91. The third-order valence-electron chi connectivity index (χ3n) is 8.36. The molecule has 0 aromatic carbocycles. The smallest absolute Gasteiger partial charge is 0.326 e. The molecule has 0 bridgehead atoms. The van der Waals surface area contributed by atoms with Gasteiger partial charge in [-0.25, -0.2) is 9.78 Å². The second-order valence-electron chi connectivity index (χ2n) is 13.4. The van der Waals surface area contributed by atoms with Crippen LogP contribution >= 0.6 is 0 Å². The summed E-state index contributed by atoms with van der Waals surface area (Å²) in [5.41, 5.74) is 11.7. The summed E-state index contributed by atoms with van der Waals surface area (Å²) >= 11 is 0. The number of aliphatic hydroxyl groups is 3. The Labute approximate surface area is 332 Å². The van der Waals surface area contributed by atoms with Crippen LogP contribution in [0.25, 0.3) is 0 Å². The van der Waals surface area contributed by atoms with E-state index in [1.54, 1.807) is 0 Å². The molecule has 0 aliphatic carbocycles. The molecule has 7 amide bonds. The van der Waals surface area contributed by atoms with E-state index < -0.39 is 134 Å². The minimum Gasteiger partial charge on any atom is -0.481 e. The van der Waals surface area contributed by atoms with Crippen LogP contribution in [-0.2, 0) is 49.6 Å². The second kappa shape index (κ2) is 25.5. The van der Waals surface area contributed by atoms with Gasteiger partial charge in [0.2, 0.25) is 41.4 Å². The molecule has 1 rings (SSSR count). The molecule has 326 valence electrons.